The van der Waals surface area contributed by atoms with E-state index >= 15 is 0 Å². The molecule has 0 spiro atoms. The number of carbonyl (C=O) groups is 1. The maximum Gasteiger partial charge on any atom is 0.270 e. The molecule has 8 nitrogen and oxygen atoms in total. The lowest BCUT2D eigenvalue weighted by atomic mass is 10.2. The van der Waals surface area contributed by atoms with Gasteiger partial charge in [0.05, 0.1) is 16.0 Å². The van der Waals surface area contributed by atoms with Crippen LogP contribution < -0.4 is 4.90 Å². The van der Waals surface area contributed by atoms with Crippen molar-refractivity contribution in [2.45, 2.75) is 0 Å². The van der Waals surface area contributed by atoms with E-state index in [1.54, 1.807) is 30.5 Å². The lowest BCUT2D eigenvalue weighted by Crippen LogP contribution is -2.12. The van der Waals surface area contributed by atoms with Gasteiger partial charge in [-0.1, -0.05) is 36.4 Å². The van der Waals surface area contributed by atoms with Crippen molar-refractivity contribution in [2.24, 2.45) is 4.99 Å². The molecule has 1 heterocycles. The topological polar surface area (TPSA) is 93.6 Å². The first-order valence-electron chi connectivity index (χ1n) is 10.2. The van der Waals surface area contributed by atoms with Crippen LogP contribution in [0.2, 0.25) is 0 Å². The lowest BCUT2D eigenvalue weighted by Gasteiger charge is -2.11. The molecule has 0 aliphatic carbocycles. The second-order valence-corrected chi connectivity index (χ2v) is 7.47. The Kier molecular flexibility index (Phi) is 6.08. The molecule has 0 aliphatic rings. The molecule has 0 bridgehead atoms. The van der Waals surface area contributed by atoms with Crippen molar-refractivity contribution >= 4 is 46.6 Å². The van der Waals surface area contributed by atoms with Crippen LogP contribution in [0, 0.1) is 10.1 Å². The SMILES string of the molecule is CN(C)c1ccc(/C=C/C=N/c2nc3ccccc3n2C(=O)c2cccc([N+](=O)[O-])c2)cc1. The number of aromatic nitrogens is 2. The van der Waals surface area contributed by atoms with E-state index in [4.69, 9.17) is 0 Å². The number of aliphatic imine (C=N–C) groups is 1. The number of non-ortho nitro benzene ring substituents is 1. The Morgan fingerprint density at radius 1 is 1.06 bits per heavy atom. The van der Waals surface area contributed by atoms with Gasteiger partial charge in [-0.25, -0.2) is 14.5 Å². The van der Waals surface area contributed by atoms with Gasteiger partial charge in [0.1, 0.15) is 0 Å². The third kappa shape index (κ3) is 4.69. The van der Waals surface area contributed by atoms with Crippen molar-refractivity contribution in [1.82, 2.24) is 9.55 Å². The van der Waals surface area contributed by atoms with Crippen molar-refractivity contribution in [3.8, 4) is 0 Å². The van der Waals surface area contributed by atoms with E-state index in [-0.39, 0.29) is 17.2 Å². The Morgan fingerprint density at radius 2 is 1.82 bits per heavy atom. The van der Waals surface area contributed by atoms with E-state index < -0.39 is 10.8 Å². The fourth-order valence-electron chi connectivity index (χ4n) is 3.33. The fraction of sp³-hybridized carbons (Fsp3) is 0.0800. The van der Waals surface area contributed by atoms with Crippen LogP contribution in [0.15, 0.2) is 83.9 Å². The van der Waals surface area contributed by atoms with Crippen LogP contribution in [-0.2, 0) is 0 Å². The van der Waals surface area contributed by atoms with Crippen LogP contribution >= 0.6 is 0 Å². The molecule has 164 valence electrons. The number of nitro benzene ring substituents is 1. The molecule has 4 aromatic rings. The van der Waals surface area contributed by atoms with Crippen LogP contribution in [0.25, 0.3) is 17.1 Å². The third-order valence-electron chi connectivity index (χ3n) is 5.02. The van der Waals surface area contributed by atoms with Gasteiger partial charge in [0.15, 0.2) is 0 Å². The van der Waals surface area contributed by atoms with Gasteiger partial charge in [0.25, 0.3) is 11.6 Å². The lowest BCUT2D eigenvalue weighted by molar-refractivity contribution is -0.384. The first kappa shape index (κ1) is 21.6. The normalized spacial score (nSPS) is 11.5. The number of nitrogens with zero attached hydrogens (tertiary/aromatic N) is 5. The van der Waals surface area contributed by atoms with E-state index in [2.05, 4.69) is 9.98 Å². The zero-order valence-corrected chi connectivity index (χ0v) is 18.1. The standard InChI is InChI=1S/C25H21N5O3/c1-28(2)20-14-12-18(13-15-20)7-6-16-26-25-27-22-10-3-4-11-23(22)29(25)24(31)19-8-5-9-21(17-19)30(32)33/h3-17H,1-2H3/b7-6+,26-16+. The van der Waals surface area contributed by atoms with E-state index in [0.29, 0.717) is 11.0 Å². The van der Waals surface area contributed by atoms with Crippen molar-refractivity contribution in [3.05, 3.63) is 100 Å². The number of para-hydroxylation sites is 2. The number of carbonyl (C=O) groups excluding carboxylic acids is 1. The second kappa shape index (κ2) is 9.27. The molecule has 33 heavy (non-hydrogen) atoms. The third-order valence-corrected chi connectivity index (χ3v) is 5.02. The monoisotopic (exact) mass is 439 g/mol. The van der Waals surface area contributed by atoms with Crippen molar-refractivity contribution in [1.29, 1.82) is 0 Å². The fourth-order valence-corrected chi connectivity index (χ4v) is 3.33. The molecule has 3 aromatic carbocycles. The van der Waals surface area contributed by atoms with E-state index in [0.717, 1.165) is 11.3 Å². The summed E-state index contributed by atoms with van der Waals surface area (Å²) in [5.74, 6) is -0.247. The molecule has 1 aromatic heterocycles. The van der Waals surface area contributed by atoms with E-state index in [1.807, 2.05) is 55.4 Å². The number of rotatable bonds is 6. The van der Waals surface area contributed by atoms with Crippen LogP contribution in [-0.4, -0.2) is 40.7 Å². The van der Waals surface area contributed by atoms with Crippen LogP contribution in [0.3, 0.4) is 0 Å². The van der Waals surface area contributed by atoms with Crippen LogP contribution in [0.4, 0.5) is 17.3 Å². The van der Waals surface area contributed by atoms with Crippen LogP contribution in [0.5, 0.6) is 0 Å². The minimum absolute atomic E-state index is 0.154. The zero-order valence-electron chi connectivity index (χ0n) is 18.1. The van der Waals surface area contributed by atoms with Gasteiger partial charge in [0, 0.05) is 43.7 Å². The van der Waals surface area contributed by atoms with Crippen LogP contribution in [0.1, 0.15) is 15.9 Å². The summed E-state index contributed by atoms with van der Waals surface area (Å²) in [6.07, 6.45) is 5.24. The summed E-state index contributed by atoms with van der Waals surface area (Å²) in [4.78, 5) is 34.7. The summed E-state index contributed by atoms with van der Waals surface area (Å²) < 4.78 is 1.37. The molecular weight excluding hydrogens is 418 g/mol. The summed E-state index contributed by atoms with van der Waals surface area (Å²) in [6.45, 7) is 0. The van der Waals surface area contributed by atoms with Gasteiger partial charge in [-0.15, -0.1) is 0 Å². The first-order chi connectivity index (χ1) is 15.9. The minimum atomic E-state index is -0.530. The van der Waals surface area contributed by atoms with Gasteiger partial charge in [0.2, 0.25) is 5.95 Å². The summed E-state index contributed by atoms with van der Waals surface area (Å²) in [5, 5.41) is 11.1. The van der Waals surface area contributed by atoms with E-state index in [1.165, 1.54) is 28.8 Å². The Hall–Kier alpha value is -4.59. The Bertz CT molecular complexity index is 1380. The number of nitro groups is 1. The summed E-state index contributed by atoms with van der Waals surface area (Å²) in [5.41, 5.74) is 3.32. The van der Waals surface area contributed by atoms with Gasteiger partial charge in [-0.2, -0.15) is 0 Å². The molecule has 0 unspecified atom stereocenters. The van der Waals surface area contributed by atoms with Crippen molar-refractivity contribution in [3.63, 3.8) is 0 Å². The molecule has 4 rings (SSSR count). The predicted molar refractivity (Wildman–Crippen MR) is 131 cm³/mol. The van der Waals surface area contributed by atoms with E-state index in [9.17, 15) is 14.9 Å². The molecule has 0 aliphatic heterocycles. The molecule has 0 N–H and O–H groups in total. The molecule has 0 saturated carbocycles. The maximum absolute atomic E-state index is 13.3. The highest BCUT2D eigenvalue weighted by atomic mass is 16.6. The highest BCUT2D eigenvalue weighted by molar-refractivity contribution is 6.03. The number of fused-ring (bicyclic) bond motifs is 1. The van der Waals surface area contributed by atoms with Gasteiger partial charge in [-0.3, -0.25) is 14.9 Å². The Labute approximate surface area is 190 Å². The molecule has 0 amide bonds. The van der Waals surface area contributed by atoms with Crippen molar-refractivity contribution in [2.75, 3.05) is 19.0 Å². The quantitative estimate of drug-likeness (QED) is 0.236. The van der Waals surface area contributed by atoms with Crippen molar-refractivity contribution < 1.29 is 9.72 Å². The highest BCUT2D eigenvalue weighted by Crippen LogP contribution is 2.24. The predicted octanol–water partition coefficient (Wildman–Crippen LogP) is 5.11. The zero-order chi connectivity index (χ0) is 23.4. The summed E-state index contributed by atoms with van der Waals surface area (Å²) in [6, 6.07) is 20.8. The number of hydrogen-bond acceptors (Lipinski definition) is 6. The number of anilines is 1. The van der Waals surface area contributed by atoms with Gasteiger partial charge >= 0.3 is 0 Å². The first-order valence-corrected chi connectivity index (χ1v) is 10.2. The number of hydrogen-bond donors (Lipinski definition) is 0. The molecule has 0 saturated heterocycles. The maximum atomic E-state index is 13.3. The number of benzene rings is 3. The molecule has 0 fully saturated rings. The molecule has 0 radical (unpaired) electrons. The largest absolute Gasteiger partial charge is 0.378 e. The highest BCUT2D eigenvalue weighted by Gasteiger charge is 2.19. The Morgan fingerprint density at radius 3 is 2.55 bits per heavy atom. The number of imidazole rings is 1. The summed E-state index contributed by atoms with van der Waals surface area (Å²) >= 11 is 0. The molecule has 0 atom stereocenters. The average molecular weight is 439 g/mol. The Balaban J connectivity index is 1.66. The molecule has 8 heteroatoms. The smallest absolute Gasteiger partial charge is 0.270 e. The number of allylic oxidation sites excluding steroid dienone is 1. The summed E-state index contributed by atoms with van der Waals surface area (Å²) in [7, 11) is 3.97. The van der Waals surface area contributed by atoms with Gasteiger partial charge in [-0.05, 0) is 42.0 Å². The second-order valence-electron chi connectivity index (χ2n) is 7.47. The van der Waals surface area contributed by atoms with Gasteiger partial charge < -0.3 is 4.90 Å². The molecular formula is C25H21N5O3. The minimum Gasteiger partial charge on any atom is -0.378 e. The average Bonchev–Trinajstić information content (AvgIpc) is 3.20.